The normalized spacial score (nSPS) is 10.0. The Balaban J connectivity index is 2.34. The molecule has 0 bridgehead atoms. The van der Waals surface area contributed by atoms with Crippen molar-refractivity contribution in [2.75, 3.05) is 12.8 Å². The fourth-order valence-corrected chi connectivity index (χ4v) is 1.47. The highest BCUT2D eigenvalue weighted by atomic mass is 35.5. The molecular formula is C12H11ClN2O2. The monoisotopic (exact) mass is 250 g/mol. The van der Waals surface area contributed by atoms with Crippen molar-refractivity contribution in [2.45, 2.75) is 0 Å². The van der Waals surface area contributed by atoms with Crippen LogP contribution in [0.5, 0.6) is 17.4 Å². The van der Waals surface area contributed by atoms with Crippen LogP contribution in [-0.2, 0) is 0 Å². The van der Waals surface area contributed by atoms with E-state index in [2.05, 4.69) is 4.98 Å². The molecule has 0 fully saturated rings. The second kappa shape index (κ2) is 4.93. The van der Waals surface area contributed by atoms with Gasteiger partial charge in [-0.25, -0.2) is 4.98 Å². The lowest BCUT2D eigenvalue weighted by Gasteiger charge is -2.10. The first-order chi connectivity index (χ1) is 8.20. The van der Waals surface area contributed by atoms with Crippen molar-refractivity contribution >= 4 is 17.3 Å². The molecule has 0 aliphatic rings. The van der Waals surface area contributed by atoms with E-state index in [1.807, 2.05) is 0 Å². The third-order valence-electron chi connectivity index (χ3n) is 2.14. The first-order valence-corrected chi connectivity index (χ1v) is 5.30. The van der Waals surface area contributed by atoms with Gasteiger partial charge in [0.05, 0.1) is 12.8 Å². The molecule has 0 aliphatic heterocycles. The average molecular weight is 251 g/mol. The minimum absolute atomic E-state index is 0.351. The summed E-state index contributed by atoms with van der Waals surface area (Å²) in [6.45, 7) is 0. The summed E-state index contributed by atoms with van der Waals surface area (Å²) in [5.74, 6) is 1.34. The van der Waals surface area contributed by atoms with Gasteiger partial charge < -0.3 is 15.2 Å². The molecule has 0 saturated carbocycles. The molecular weight excluding hydrogens is 240 g/mol. The summed E-state index contributed by atoms with van der Waals surface area (Å²) in [5.41, 5.74) is 6.26. The number of nitrogens with two attached hydrogens (primary N) is 1. The van der Waals surface area contributed by atoms with E-state index in [-0.39, 0.29) is 0 Å². The van der Waals surface area contributed by atoms with Crippen molar-refractivity contribution < 1.29 is 9.47 Å². The van der Waals surface area contributed by atoms with Crippen LogP contribution in [0, 0.1) is 0 Å². The lowest BCUT2D eigenvalue weighted by Crippen LogP contribution is -1.95. The largest absolute Gasteiger partial charge is 0.491 e. The number of pyridine rings is 1. The van der Waals surface area contributed by atoms with Gasteiger partial charge in [0, 0.05) is 17.3 Å². The topological polar surface area (TPSA) is 57.4 Å². The third kappa shape index (κ3) is 2.60. The molecule has 0 aliphatic carbocycles. The summed E-state index contributed by atoms with van der Waals surface area (Å²) in [5, 5.41) is 0.545. The van der Waals surface area contributed by atoms with Crippen molar-refractivity contribution in [3.8, 4) is 17.4 Å². The van der Waals surface area contributed by atoms with Crippen LogP contribution in [0.3, 0.4) is 0 Å². The molecule has 1 heterocycles. The van der Waals surface area contributed by atoms with Crippen LogP contribution in [-0.4, -0.2) is 12.1 Å². The Morgan fingerprint density at radius 3 is 2.82 bits per heavy atom. The van der Waals surface area contributed by atoms with Gasteiger partial charge in [0.15, 0.2) is 11.5 Å². The van der Waals surface area contributed by atoms with Crippen molar-refractivity contribution in [1.29, 1.82) is 0 Å². The summed E-state index contributed by atoms with van der Waals surface area (Å²) in [6, 6.07) is 8.51. The molecule has 0 spiro atoms. The first kappa shape index (κ1) is 11.5. The molecule has 2 rings (SSSR count). The SMILES string of the molecule is COc1cccnc1Oc1cc(Cl)ccc1N. The fourth-order valence-electron chi connectivity index (χ4n) is 1.31. The van der Waals surface area contributed by atoms with E-state index in [1.54, 1.807) is 43.6 Å². The van der Waals surface area contributed by atoms with Crippen molar-refractivity contribution in [1.82, 2.24) is 4.98 Å². The average Bonchev–Trinajstić information content (AvgIpc) is 2.34. The zero-order valence-electron chi connectivity index (χ0n) is 9.18. The molecule has 5 heteroatoms. The Hall–Kier alpha value is -1.94. The van der Waals surface area contributed by atoms with Gasteiger partial charge in [0.1, 0.15) is 0 Å². The molecule has 2 aromatic rings. The number of benzene rings is 1. The molecule has 1 aromatic carbocycles. The summed E-state index contributed by atoms with van der Waals surface area (Å²) < 4.78 is 10.7. The predicted octanol–water partition coefficient (Wildman–Crippen LogP) is 3.12. The Morgan fingerprint density at radius 2 is 2.06 bits per heavy atom. The number of methoxy groups -OCH3 is 1. The molecule has 0 atom stereocenters. The highest BCUT2D eigenvalue weighted by Gasteiger charge is 2.08. The van der Waals surface area contributed by atoms with Gasteiger partial charge in [-0.3, -0.25) is 0 Å². The Bertz CT molecular complexity index is 532. The van der Waals surface area contributed by atoms with Gasteiger partial charge in [0.25, 0.3) is 5.88 Å². The number of halogens is 1. The minimum atomic E-state index is 0.351. The van der Waals surface area contributed by atoms with Crippen LogP contribution in [0.1, 0.15) is 0 Å². The van der Waals surface area contributed by atoms with Gasteiger partial charge in [-0.1, -0.05) is 11.6 Å². The molecule has 0 radical (unpaired) electrons. The number of anilines is 1. The maximum atomic E-state index is 5.87. The van der Waals surface area contributed by atoms with E-state index in [0.29, 0.717) is 28.1 Å². The van der Waals surface area contributed by atoms with Crippen LogP contribution in [0.15, 0.2) is 36.5 Å². The minimum Gasteiger partial charge on any atom is -0.491 e. The number of hydrogen-bond donors (Lipinski definition) is 1. The van der Waals surface area contributed by atoms with E-state index >= 15 is 0 Å². The van der Waals surface area contributed by atoms with Crippen molar-refractivity contribution in [2.24, 2.45) is 0 Å². The van der Waals surface area contributed by atoms with Gasteiger partial charge in [-0.15, -0.1) is 0 Å². The zero-order valence-corrected chi connectivity index (χ0v) is 9.94. The van der Waals surface area contributed by atoms with E-state index in [4.69, 9.17) is 26.8 Å². The Morgan fingerprint density at radius 1 is 1.24 bits per heavy atom. The Kier molecular flexibility index (Phi) is 3.35. The van der Waals surface area contributed by atoms with Crippen LogP contribution in [0.4, 0.5) is 5.69 Å². The van der Waals surface area contributed by atoms with E-state index in [1.165, 1.54) is 0 Å². The predicted molar refractivity (Wildman–Crippen MR) is 66.7 cm³/mol. The summed E-state index contributed by atoms with van der Waals surface area (Å²) >= 11 is 5.87. The van der Waals surface area contributed by atoms with Gasteiger partial charge in [-0.05, 0) is 24.3 Å². The van der Waals surface area contributed by atoms with Crippen LogP contribution < -0.4 is 15.2 Å². The second-order valence-electron chi connectivity index (χ2n) is 3.30. The number of aromatic nitrogens is 1. The molecule has 2 N–H and O–H groups in total. The summed E-state index contributed by atoms with van der Waals surface area (Å²) in [4.78, 5) is 4.07. The number of hydrogen-bond acceptors (Lipinski definition) is 4. The van der Waals surface area contributed by atoms with Gasteiger partial charge in [-0.2, -0.15) is 0 Å². The molecule has 4 nitrogen and oxygen atoms in total. The highest BCUT2D eigenvalue weighted by Crippen LogP contribution is 2.33. The van der Waals surface area contributed by atoms with Gasteiger partial charge in [0.2, 0.25) is 0 Å². The Labute approximate surface area is 104 Å². The molecule has 0 saturated heterocycles. The molecule has 17 heavy (non-hydrogen) atoms. The summed E-state index contributed by atoms with van der Waals surface area (Å²) in [7, 11) is 1.55. The highest BCUT2D eigenvalue weighted by molar-refractivity contribution is 6.30. The smallest absolute Gasteiger partial charge is 0.262 e. The lowest BCUT2D eigenvalue weighted by atomic mass is 10.3. The van der Waals surface area contributed by atoms with Crippen LogP contribution in [0.25, 0.3) is 0 Å². The maximum Gasteiger partial charge on any atom is 0.262 e. The standard InChI is InChI=1S/C12H11ClN2O2/c1-16-10-3-2-6-15-12(10)17-11-7-8(13)4-5-9(11)14/h2-7H,14H2,1H3. The molecule has 0 unspecified atom stereocenters. The number of ether oxygens (including phenoxy) is 2. The third-order valence-corrected chi connectivity index (χ3v) is 2.37. The lowest BCUT2D eigenvalue weighted by molar-refractivity contribution is 0.370. The number of nitrogen functional groups attached to an aromatic ring is 1. The molecule has 88 valence electrons. The van der Waals surface area contributed by atoms with Gasteiger partial charge >= 0.3 is 0 Å². The number of rotatable bonds is 3. The maximum absolute atomic E-state index is 5.87. The van der Waals surface area contributed by atoms with E-state index in [9.17, 15) is 0 Å². The van der Waals surface area contributed by atoms with Crippen LogP contribution >= 0.6 is 11.6 Å². The van der Waals surface area contributed by atoms with Crippen LogP contribution in [0.2, 0.25) is 5.02 Å². The van der Waals surface area contributed by atoms with E-state index < -0.39 is 0 Å². The quantitative estimate of drug-likeness (QED) is 0.851. The second-order valence-corrected chi connectivity index (χ2v) is 3.73. The molecule has 1 aromatic heterocycles. The van der Waals surface area contributed by atoms with Crippen molar-refractivity contribution in [3.63, 3.8) is 0 Å². The van der Waals surface area contributed by atoms with E-state index in [0.717, 1.165) is 0 Å². The summed E-state index contributed by atoms with van der Waals surface area (Å²) in [6.07, 6.45) is 1.61. The fraction of sp³-hybridized carbons (Fsp3) is 0.0833. The zero-order chi connectivity index (χ0) is 12.3. The molecule has 0 amide bonds. The van der Waals surface area contributed by atoms with Crippen molar-refractivity contribution in [3.05, 3.63) is 41.6 Å². The first-order valence-electron chi connectivity index (χ1n) is 4.92. The number of nitrogens with zero attached hydrogens (tertiary/aromatic N) is 1.